The molecular weight excluding hydrogens is 304 g/mol. The van der Waals surface area contributed by atoms with E-state index < -0.39 is 6.10 Å². The van der Waals surface area contributed by atoms with E-state index in [0.717, 1.165) is 26.7 Å². The third kappa shape index (κ3) is 3.14. The Hall–Kier alpha value is -1.39. The second-order valence-electron chi connectivity index (χ2n) is 4.76. The molecule has 2 rings (SSSR count). The lowest BCUT2D eigenvalue weighted by Crippen LogP contribution is -2.05. The molecule has 0 saturated heterocycles. The lowest BCUT2D eigenvalue weighted by Gasteiger charge is -2.15. The number of nitrogens with zero attached hydrogens (tertiary/aromatic N) is 1. The number of rotatable bonds is 3. The molecule has 1 unspecified atom stereocenters. The lowest BCUT2D eigenvalue weighted by atomic mass is 9.98. The zero-order valence-electron chi connectivity index (χ0n) is 11.0. The first-order valence-electron chi connectivity index (χ1n) is 6.12. The second kappa shape index (κ2) is 5.72. The van der Waals surface area contributed by atoms with Crippen LogP contribution in [0.3, 0.4) is 0 Å². The van der Waals surface area contributed by atoms with Crippen LogP contribution in [0.2, 0.25) is 0 Å². The van der Waals surface area contributed by atoms with Crippen LogP contribution in [0.15, 0.2) is 35.1 Å². The highest BCUT2D eigenvalue weighted by Gasteiger charge is 2.13. The zero-order chi connectivity index (χ0) is 14.0. The van der Waals surface area contributed by atoms with Crippen molar-refractivity contribution in [1.82, 2.24) is 4.98 Å². The van der Waals surface area contributed by atoms with Gasteiger partial charge in [-0.15, -0.1) is 0 Å². The fraction of sp³-hybridized carbons (Fsp3) is 0.267. The minimum Gasteiger partial charge on any atom is -0.398 e. The normalized spacial score (nSPS) is 12.4. The van der Waals surface area contributed by atoms with E-state index in [0.29, 0.717) is 12.1 Å². The van der Waals surface area contributed by atoms with Crippen molar-refractivity contribution in [3.05, 3.63) is 57.3 Å². The Bertz CT molecular complexity index is 575. The predicted octanol–water partition coefficient (Wildman–Crippen LogP) is 3.32. The highest BCUT2D eigenvalue weighted by atomic mass is 79.9. The van der Waals surface area contributed by atoms with Crippen LogP contribution in [0.5, 0.6) is 0 Å². The summed E-state index contributed by atoms with van der Waals surface area (Å²) in [5.74, 6) is 0. The summed E-state index contributed by atoms with van der Waals surface area (Å²) in [7, 11) is 0. The Morgan fingerprint density at radius 2 is 1.95 bits per heavy atom. The fourth-order valence-corrected chi connectivity index (χ4v) is 2.34. The van der Waals surface area contributed by atoms with E-state index >= 15 is 0 Å². The van der Waals surface area contributed by atoms with E-state index in [1.165, 1.54) is 0 Å². The molecule has 0 aliphatic carbocycles. The first-order valence-corrected chi connectivity index (χ1v) is 6.91. The highest BCUT2D eigenvalue weighted by Crippen LogP contribution is 2.27. The summed E-state index contributed by atoms with van der Waals surface area (Å²) in [6.07, 6.45) is 3.26. The number of aryl methyl sites for hydroxylation is 2. The van der Waals surface area contributed by atoms with E-state index in [-0.39, 0.29) is 0 Å². The van der Waals surface area contributed by atoms with Crippen molar-refractivity contribution in [3.63, 3.8) is 0 Å². The van der Waals surface area contributed by atoms with E-state index in [1.807, 2.05) is 26.0 Å². The van der Waals surface area contributed by atoms with E-state index in [1.54, 1.807) is 18.5 Å². The molecule has 2 aromatic rings. The number of aliphatic hydroxyl groups is 1. The molecule has 1 aromatic carbocycles. The summed E-state index contributed by atoms with van der Waals surface area (Å²) in [4.78, 5) is 4.04. The van der Waals surface area contributed by atoms with Gasteiger partial charge in [0.1, 0.15) is 0 Å². The number of aliphatic hydroxyl groups excluding tert-OH is 1. The van der Waals surface area contributed by atoms with Crippen molar-refractivity contribution in [2.24, 2.45) is 0 Å². The first kappa shape index (κ1) is 14.0. The molecule has 4 heteroatoms. The molecule has 1 heterocycles. The quantitative estimate of drug-likeness (QED) is 0.912. The molecule has 0 radical (unpaired) electrons. The van der Waals surface area contributed by atoms with Crippen LogP contribution < -0.4 is 5.73 Å². The minimum atomic E-state index is -0.572. The molecule has 1 atom stereocenters. The third-order valence-electron chi connectivity index (χ3n) is 3.20. The molecule has 1 aromatic heterocycles. The molecule has 0 fully saturated rings. The standard InChI is InChI=1S/C15H17BrN2O/c1-9-5-11(6-10(2)15(9)16)14(19)7-12-8-18-4-3-13(12)17/h3-6,8,14,19H,7H2,1-2H3,(H2,17,18). The van der Waals surface area contributed by atoms with Gasteiger partial charge in [0.05, 0.1) is 6.10 Å². The Kier molecular flexibility index (Phi) is 4.22. The SMILES string of the molecule is Cc1cc(C(O)Cc2cnccc2N)cc(C)c1Br. The Morgan fingerprint density at radius 3 is 2.53 bits per heavy atom. The Balaban J connectivity index is 2.26. The topological polar surface area (TPSA) is 59.1 Å². The average molecular weight is 321 g/mol. The first-order chi connectivity index (χ1) is 8.99. The number of halogens is 1. The van der Waals surface area contributed by atoms with Gasteiger partial charge in [-0.25, -0.2) is 0 Å². The number of hydrogen-bond donors (Lipinski definition) is 2. The molecule has 0 spiro atoms. The van der Waals surface area contributed by atoms with E-state index in [2.05, 4.69) is 20.9 Å². The molecule has 19 heavy (non-hydrogen) atoms. The van der Waals surface area contributed by atoms with Gasteiger partial charge in [-0.3, -0.25) is 4.98 Å². The van der Waals surface area contributed by atoms with Crippen LogP contribution in [0.1, 0.15) is 28.4 Å². The fourth-order valence-electron chi connectivity index (χ4n) is 2.11. The maximum absolute atomic E-state index is 10.3. The van der Waals surface area contributed by atoms with Crippen molar-refractivity contribution >= 4 is 21.6 Å². The molecule has 100 valence electrons. The average Bonchev–Trinajstić information content (AvgIpc) is 2.38. The van der Waals surface area contributed by atoms with Gasteiger partial charge in [0.15, 0.2) is 0 Å². The molecule has 0 bridgehead atoms. The van der Waals surface area contributed by atoms with Gasteiger partial charge in [0.25, 0.3) is 0 Å². The molecule has 0 aliphatic heterocycles. The smallest absolute Gasteiger partial charge is 0.0831 e. The lowest BCUT2D eigenvalue weighted by molar-refractivity contribution is 0.178. The number of nitrogens with two attached hydrogens (primary N) is 1. The number of hydrogen-bond acceptors (Lipinski definition) is 3. The monoisotopic (exact) mass is 320 g/mol. The van der Waals surface area contributed by atoms with Crippen LogP contribution in [0.4, 0.5) is 5.69 Å². The number of nitrogen functional groups attached to an aromatic ring is 1. The molecule has 0 amide bonds. The van der Waals surface area contributed by atoms with Crippen LogP contribution >= 0.6 is 15.9 Å². The molecule has 0 saturated carbocycles. The second-order valence-corrected chi connectivity index (χ2v) is 5.56. The van der Waals surface area contributed by atoms with Crippen LogP contribution in [0, 0.1) is 13.8 Å². The van der Waals surface area contributed by atoms with Gasteiger partial charge in [-0.1, -0.05) is 28.1 Å². The van der Waals surface area contributed by atoms with Crippen LogP contribution in [-0.4, -0.2) is 10.1 Å². The third-order valence-corrected chi connectivity index (χ3v) is 4.45. The van der Waals surface area contributed by atoms with Gasteiger partial charge in [0.2, 0.25) is 0 Å². The predicted molar refractivity (Wildman–Crippen MR) is 80.9 cm³/mol. The summed E-state index contributed by atoms with van der Waals surface area (Å²) in [6, 6.07) is 5.74. The minimum absolute atomic E-state index is 0.472. The summed E-state index contributed by atoms with van der Waals surface area (Å²) in [5, 5.41) is 10.3. The van der Waals surface area contributed by atoms with Gasteiger partial charge >= 0.3 is 0 Å². The summed E-state index contributed by atoms with van der Waals surface area (Å²) in [6.45, 7) is 4.04. The van der Waals surface area contributed by atoms with E-state index in [4.69, 9.17) is 5.73 Å². The van der Waals surface area contributed by atoms with Crippen LogP contribution in [-0.2, 0) is 6.42 Å². The highest BCUT2D eigenvalue weighted by molar-refractivity contribution is 9.10. The van der Waals surface area contributed by atoms with Gasteiger partial charge < -0.3 is 10.8 Å². The largest absolute Gasteiger partial charge is 0.398 e. The molecule has 0 aliphatic rings. The number of aromatic nitrogens is 1. The summed E-state index contributed by atoms with van der Waals surface area (Å²) in [5.41, 5.74) is 10.5. The van der Waals surface area contributed by atoms with Gasteiger partial charge in [-0.05, 0) is 42.2 Å². The zero-order valence-corrected chi connectivity index (χ0v) is 12.6. The maximum Gasteiger partial charge on any atom is 0.0831 e. The number of benzene rings is 1. The van der Waals surface area contributed by atoms with Crippen molar-refractivity contribution in [3.8, 4) is 0 Å². The van der Waals surface area contributed by atoms with Gasteiger partial charge in [0, 0.05) is 29.0 Å². The molecular formula is C15H17BrN2O. The summed E-state index contributed by atoms with van der Waals surface area (Å²) < 4.78 is 1.09. The summed E-state index contributed by atoms with van der Waals surface area (Å²) >= 11 is 3.53. The van der Waals surface area contributed by atoms with Crippen molar-refractivity contribution in [2.75, 3.05) is 5.73 Å². The number of anilines is 1. The van der Waals surface area contributed by atoms with Crippen molar-refractivity contribution in [2.45, 2.75) is 26.4 Å². The Labute approximate surface area is 121 Å². The Morgan fingerprint density at radius 1 is 1.32 bits per heavy atom. The maximum atomic E-state index is 10.3. The van der Waals surface area contributed by atoms with E-state index in [9.17, 15) is 5.11 Å². The van der Waals surface area contributed by atoms with Gasteiger partial charge in [-0.2, -0.15) is 0 Å². The van der Waals surface area contributed by atoms with Crippen LogP contribution in [0.25, 0.3) is 0 Å². The number of pyridine rings is 1. The van der Waals surface area contributed by atoms with Crippen molar-refractivity contribution in [1.29, 1.82) is 0 Å². The molecule has 3 nitrogen and oxygen atoms in total. The van der Waals surface area contributed by atoms with Crippen molar-refractivity contribution < 1.29 is 5.11 Å². The molecule has 3 N–H and O–H groups in total.